The number of anilines is 1. The van der Waals surface area contributed by atoms with Crippen LogP contribution < -0.4 is 4.90 Å². The summed E-state index contributed by atoms with van der Waals surface area (Å²) in [6, 6.07) is 12.2. The normalized spacial score (nSPS) is 10.5. The second-order valence-electron chi connectivity index (χ2n) is 4.25. The monoisotopic (exact) mass is 338 g/mol. The van der Waals surface area contributed by atoms with Gasteiger partial charge in [-0.3, -0.25) is 4.98 Å². The molecule has 100 valence electrons. The number of hydrogen-bond acceptors (Lipinski definition) is 2. The molecule has 0 N–H and O–H groups in total. The molecule has 0 atom stereocenters. The van der Waals surface area contributed by atoms with Gasteiger partial charge in [-0.25, -0.2) is 0 Å². The zero-order valence-corrected chi connectivity index (χ0v) is 13.2. The SMILES string of the molecule is CCN(Cc1ccccn1)c1ccc(CCl)cc1Br. The molecule has 1 heterocycles. The van der Waals surface area contributed by atoms with Crippen molar-refractivity contribution in [1.82, 2.24) is 4.98 Å². The van der Waals surface area contributed by atoms with E-state index in [0.717, 1.165) is 28.8 Å². The quantitative estimate of drug-likeness (QED) is 0.740. The number of pyridine rings is 1. The predicted molar refractivity (Wildman–Crippen MR) is 84.7 cm³/mol. The molecule has 2 aromatic rings. The van der Waals surface area contributed by atoms with E-state index in [1.807, 2.05) is 24.4 Å². The molecule has 4 heteroatoms. The van der Waals surface area contributed by atoms with Crippen molar-refractivity contribution in [1.29, 1.82) is 0 Å². The first-order valence-corrected chi connectivity index (χ1v) is 7.56. The first-order chi connectivity index (χ1) is 9.24. The second-order valence-corrected chi connectivity index (χ2v) is 5.38. The molecule has 2 nitrogen and oxygen atoms in total. The van der Waals surface area contributed by atoms with Crippen LogP contribution in [0, 0.1) is 0 Å². The number of benzene rings is 1. The van der Waals surface area contributed by atoms with Crippen molar-refractivity contribution in [3.05, 3.63) is 58.3 Å². The minimum atomic E-state index is 0.533. The molecule has 0 saturated carbocycles. The van der Waals surface area contributed by atoms with Crippen molar-refractivity contribution in [3.63, 3.8) is 0 Å². The van der Waals surface area contributed by atoms with Gasteiger partial charge in [0.05, 0.1) is 17.9 Å². The van der Waals surface area contributed by atoms with E-state index in [1.54, 1.807) is 0 Å². The Bertz CT molecular complexity index is 531. The maximum absolute atomic E-state index is 5.85. The average Bonchev–Trinajstić information content (AvgIpc) is 2.46. The van der Waals surface area contributed by atoms with E-state index in [-0.39, 0.29) is 0 Å². The van der Waals surface area contributed by atoms with Crippen molar-refractivity contribution in [2.75, 3.05) is 11.4 Å². The van der Waals surface area contributed by atoms with Crippen LogP contribution >= 0.6 is 27.5 Å². The van der Waals surface area contributed by atoms with Gasteiger partial charge < -0.3 is 4.90 Å². The van der Waals surface area contributed by atoms with E-state index >= 15 is 0 Å². The topological polar surface area (TPSA) is 16.1 Å². The van der Waals surface area contributed by atoms with Gasteiger partial charge in [0.2, 0.25) is 0 Å². The fourth-order valence-electron chi connectivity index (χ4n) is 1.94. The summed E-state index contributed by atoms with van der Waals surface area (Å²) in [5, 5.41) is 0. The van der Waals surface area contributed by atoms with Gasteiger partial charge in [0, 0.05) is 23.1 Å². The van der Waals surface area contributed by atoms with Crippen LogP contribution in [0.3, 0.4) is 0 Å². The summed E-state index contributed by atoms with van der Waals surface area (Å²) < 4.78 is 1.07. The Hall–Kier alpha value is -1.06. The molecule has 0 saturated heterocycles. The summed E-state index contributed by atoms with van der Waals surface area (Å²) in [7, 11) is 0. The van der Waals surface area contributed by atoms with Gasteiger partial charge in [-0.1, -0.05) is 12.1 Å². The van der Waals surface area contributed by atoms with Gasteiger partial charge in [-0.05, 0) is 52.7 Å². The summed E-state index contributed by atoms with van der Waals surface area (Å²) in [5.74, 6) is 0.533. The molecule has 0 bridgehead atoms. The van der Waals surface area contributed by atoms with Gasteiger partial charge in [0.15, 0.2) is 0 Å². The maximum atomic E-state index is 5.85. The summed E-state index contributed by atoms with van der Waals surface area (Å²) >= 11 is 9.47. The van der Waals surface area contributed by atoms with Crippen molar-refractivity contribution in [3.8, 4) is 0 Å². The van der Waals surface area contributed by atoms with Crippen molar-refractivity contribution >= 4 is 33.2 Å². The van der Waals surface area contributed by atoms with Gasteiger partial charge in [-0.15, -0.1) is 11.6 Å². The highest BCUT2D eigenvalue weighted by Crippen LogP contribution is 2.28. The summed E-state index contributed by atoms with van der Waals surface area (Å²) in [6.45, 7) is 3.87. The molecular weight excluding hydrogens is 324 g/mol. The molecule has 2 rings (SSSR count). The van der Waals surface area contributed by atoms with Crippen LogP contribution in [0.1, 0.15) is 18.2 Å². The van der Waals surface area contributed by atoms with Crippen molar-refractivity contribution in [2.24, 2.45) is 0 Å². The van der Waals surface area contributed by atoms with Gasteiger partial charge in [0.1, 0.15) is 0 Å². The lowest BCUT2D eigenvalue weighted by Crippen LogP contribution is -2.23. The van der Waals surface area contributed by atoms with E-state index in [2.05, 4.69) is 50.9 Å². The molecule has 0 aliphatic heterocycles. The fraction of sp³-hybridized carbons (Fsp3) is 0.267. The van der Waals surface area contributed by atoms with Crippen molar-refractivity contribution < 1.29 is 0 Å². The zero-order valence-electron chi connectivity index (χ0n) is 10.8. The summed E-state index contributed by atoms with van der Waals surface area (Å²) in [6.07, 6.45) is 1.83. The van der Waals surface area contributed by atoms with E-state index in [4.69, 9.17) is 11.6 Å². The first-order valence-electron chi connectivity index (χ1n) is 6.24. The molecule has 1 aromatic carbocycles. The third-order valence-corrected chi connectivity index (χ3v) is 3.91. The largest absolute Gasteiger partial charge is 0.365 e. The Morgan fingerprint density at radius 2 is 2.11 bits per heavy atom. The molecule has 0 radical (unpaired) electrons. The maximum Gasteiger partial charge on any atom is 0.0602 e. The van der Waals surface area contributed by atoms with E-state index in [9.17, 15) is 0 Å². The zero-order chi connectivity index (χ0) is 13.7. The Morgan fingerprint density at radius 1 is 1.26 bits per heavy atom. The summed E-state index contributed by atoms with van der Waals surface area (Å²) in [4.78, 5) is 6.66. The van der Waals surface area contributed by atoms with Crippen LogP contribution in [0.2, 0.25) is 0 Å². The minimum Gasteiger partial charge on any atom is -0.365 e. The van der Waals surface area contributed by atoms with Gasteiger partial charge >= 0.3 is 0 Å². The third-order valence-electron chi connectivity index (χ3n) is 2.97. The minimum absolute atomic E-state index is 0.533. The van der Waals surface area contributed by atoms with Crippen LogP contribution in [0.5, 0.6) is 0 Å². The van der Waals surface area contributed by atoms with E-state index in [1.165, 1.54) is 5.69 Å². The predicted octanol–water partition coefficient (Wildman–Crippen LogP) is 4.61. The summed E-state index contributed by atoms with van der Waals surface area (Å²) in [5.41, 5.74) is 3.35. The molecular formula is C15H16BrClN2. The number of alkyl halides is 1. The number of nitrogens with zero attached hydrogens (tertiary/aromatic N) is 2. The lowest BCUT2D eigenvalue weighted by molar-refractivity contribution is 0.807. The highest BCUT2D eigenvalue weighted by Gasteiger charge is 2.10. The molecule has 0 aliphatic rings. The Kier molecular flexibility index (Phi) is 5.23. The molecule has 19 heavy (non-hydrogen) atoms. The molecule has 0 unspecified atom stereocenters. The van der Waals surface area contributed by atoms with Crippen LogP contribution in [0.15, 0.2) is 47.1 Å². The Balaban J connectivity index is 2.22. The van der Waals surface area contributed by atoms with Crippen molar-refractivity contribution in [2.45, 2.75) is 19.3 Å². The fourth-order valence-corrected chi connectivity index (χ4v) is 2.79. The number of aromatic nitrogens is 1. The lowest BCUT2D eigenvalue weighted by Gasteiger charge is -2.24. The van der Waals surface area contributed by atoms with Crippen LogP contribution in [-0.2, 0) is 12.4 Å². The standard InChI is InChI=1S/C15H16BrClN2/c1-2-19(11-13-5-3-4-8-18-13)15-7-6-12(10-17)9-14(15)16/h3-9H,2,10-11H2,1H3. The van der Waals surface area contributed by atoms with E-state index in [0.29, 0.717) is 5.88 Å². The number of rotatable bonds is 5. The highest BCUT2D eigenvalue weighted by atomic mass is 79.9. The molecule has 0 spiro atoms. The molecule has 0 amide bonds. The highest BCUT2D eigenvalue weighted by molar-refractivity contribution is 9.10. The van der Waals surface area contributed by atoms with Crippen LogP contribution in [-0.4, -0.2) is 11.5 Å². The second kappa shape index (κ2) is 6.92. The third kappa shape index (κ3) is 3.71. The van der Waals surface area contributed by atoms with E-state index < -0.39 is 0 Å². The first kappa shape index (κ1) is 14.4. The Morgan fingerprint density at radius 3 is 2.68 bits per heavy atom. The van der Waals surface area contributed by atoms with Gasteiger partial charge in [0.25, 0.3) is 0 Å². The van der Waals surface area contributed by atoms with Crippen LogP contribution in [0.4, 0.5) is 5.69 Å². The Labute approximate surface area is 127 Å². The smallest absolute Gasteiger partial charge is 0.0602 e. The number of halogens is 2. The number of hydrogen-bond donors (Lipinski definition) is 0. The molecule has 0 fully saturated rings. The molecule has 1 aromatic heterocycles. The molecule has 0 aliphatic carbocycles. The lowest BCUT2D eigenvalue weighted by atomic mass is 10.2. The average molecular weight is 340 g/mol. The van der Waals surface area contributed by atoms with Crippen LogP contribution in [0.25, 0.3) is 0 Å². The van der Waals surface area contributed by atoms with Gasteiger partial charge in [-0.2, -0.15) is 0 Å².